The predicted molar refractivity (Wildman–Crippen MR) is 114 cm³/mol. The summed E-state index contributed by atoms with van der Waals surface area (Å²) in [4.78, 5) is 20.3. The summed E-state index contributed by atoms with van der Waals surface area (Å²) in [5.41, 5.74) is 2.89. The number of para-hydroxylation sites is 1. The molecule has 1 aliphatic heterocycles. The Hall–Kier alpha value is -2.83. The molecule has 3 aromatic rings. The van der Waals surface area contributed by atoms with Crippen LogP contribution in [0.2, 0.25) is 0 Å². The van der Waals surface area contributed by atoms with E-state index in [1.807, 2.05) is 60.7 Å². The highest BCUT2D eigenvalue weighted by molar-refractivity contribution is 9.10. The highest BCUT2D eigenvalue weighted by Crippen LogP contribution is 2.32. The third-order valence-electron chi connectivity index (χ3n) is 4.65. The second kappa shape index (κ2) is 8.46. The molecule has 0 bridgehead atoms. The number of carbonyl (C=O) groups excluding carboxylic acids is 1. The van der Waals surface area contributed by atoms with E-state index in [0.29, 0.717) is 12.4 Å². The number of carbonyl (C=O) groups is 1. The Morgan fingerprint density at radius 1 is 0.929 bits per heavy atom. The van der Waals surface area contributed by atoms with Gasteiger partial charge in [0.2, 0.25) is 0 Å². The highest BCUT2D eigenvalue weighted by atomic mass is 79.9. The summed E-state index contributed by atoms with van der Waals surface area (Å²) < 4.78 is 1.03. The molecule has 1 unspecified atom stereocenters. The van der Waals surface area contributed by atoms with Crippen LogP contribution in [0.3, 0.4) is 0 Å². The van der Waals surface area contributed by atoms with E-state index in [1.165, 1.54) is 0 Å². The smallest absolute Gasteiger partial charge is 0.353 e. The third kappa shape index (κ3) is 4.35. The molecule has 3 aromatic carbocycles. The molecule has 0 aliphatic carbocycles. The van der Waals surface area contributed by atoms with Gasteiger partial charge in [0.05, 0.1) is 6.04 Å². The maximum Gasteiger partial charge on any atom is 0.430 e. The zero-order valence-corrected chi connectivity index (χ0v) is 16.7. The van der Waals surface area contributed by atoms with Gasteiger partial charge in [0.15, 0.2) is 0 Å². The number of nitrogens with one attached hydrogen (secondary N) is 1. The molecule has 142 valence electrons. The number of amides is 1. The Balaban J connectivity index is 1.52. The summed E-state index contributed by atoms with van der Waals surface area (Å²) in [6.07, 6.45) is -0.496. The van der Waals surface area contributed by atoms with Crippen LogP contribution < -0.4 is 10.2 Å². The van der Waals surface area contributed by atoms with Gasteiger partial charge in [-0.15, -0.1) is 5.06 Å². The van der Waals surface area contributed by atoms with Gasteiger partial charge in [-0.3, -0.25) is 5.32 Å². The lowest BCUT2D eigenvalue weighted by molar-refractivity contribution is -0.104. The first kappa shape index (κ1) is 18.5. The van der Waals surface area contributed by atoms with E-state index >= 15 is 0 Å². The summed E-state index contributed by atoms with van der Waals surface area (Å²) >= 11 is 3.47. The Kier molecular flexibility index (Phi) is 5.60. The van der Waals surface area contributed by atoms with Crippen LogP contribution in [0.4, 0.5) is 16.2 Å². The lowest BCUT2D eigenvalue weighted by atomic mass is 10.1. The van der Waals surface area contributed by atoms with Crippen molar-refractivity contribution in [2.75, 3.05) is 23.4 Å². The molecular formula is C22H20BrN3O2. The number of halogens is 1. The molecular weight excluding hydrogens is 418 g/mol. The van der Waals surface area contributed by atoms with E-state index < -0.39 is 6.09 Å². The number of nitrogens with zero attached hydrogens (tertiary/aromatic N) is 2. The molecule has 5 nitrogen and oxygen atoms in total. The van der Waals surface area contributed by atoms with Crippen molar-refractivity contribution in [2.24, 2.45) is 0 Å². The number of anilines is 2. The highest BCUT2D eigenvalue weighted by Gasteiger charge is 2.34. The molecule has 1 atom stereocenters. The second-order valence-corrected chi connectivity index (χ2v) is 7.47. The van der Waals surface area contributed by atoms with Crippen molar-refractivity contribution in [1.82, 2.24) is 5.06 Å². The van der Waals surface area contributed by atoms with Gasteiger partial charge in [-0.05, 0) is 42.0 Å². The van der Waals surface area contributed by atoms with Gasteiger partial charge in [0.25, 0.3) is 0 Å². The maximum atomic E-state index is 12.4. The van der Waals surface area contributed by atoms with Crippen LogP contribution in [0, 0.1) is 0 Å². The number of benzene rings is 3. The van der Waals surface area contributed by atoms with Crippen LogP contribution in [0.25, 0.3) is 0 Å². The maximum absolute atomic E-state index is 12.4. The Morgan fingerprint density at radius 3 is 2.25 bits per heavy atom. The average Bonchev–Trinajstić information content (AvgIpc) is 3.13. The van der Waals surface area contributed by atoms with Gasteiger partial charge in [0, 0.05) is 22.4 Å². The minimum Gasteiger partial charge on any atom is -0.353 e. The fourth-order valence-electron chi connectivity index (χ4n) is 3.27. The van der Waals surface area contributed by atoms with Crippen LogP contribution in [-0.4, -0.2) is 24.4 Å². The van der Waals surface area contributed by atoms with Crippen LogP contribution >= 0.6 is 15.9 Å². The monoisotopic (exact) mass is 437 g/mol. The molecule has 4 rings (SSSR count). The molecule has 0 aromatic heterocycles. The fraction of sp³-hybridized carbons (Fsp3) is 0.136. The standard InChI is InChI=1S/C22H20BrN3O2/c23-18-11-13-20(14-12-18)25-15-21(17-7-3-1-4-8-17)26(16-25)28-22(27)24-19-9-5-2-6-10-19/h1-14,21H,15-16H2,(H,24,27). The molecule has 0 spiro atoms. The summed E-state index contributed by atoms with van der Waals surface area (Å²) in [6, 6.07) is 27.5. The first-order valence-electron chi connectivity index (χ1n) is 9.05. The molecule has 1 amide bonds. The number of hydrogen-bond donors (Lipinski definition) is 1. The molecule has 6 heteroatoms. The zero-order chi connectivity index (χ0) is 19.3. The van der Waals surface area contributed by atoms with Crippen molar-refractivity contribution in [2.45, 2.75) is 6.04 Å². The second-order valence-electron chi connectivity index (χ2n) is 6.55. The van der Waals surface area contributed by atoms with Crippen molar-refractivity contribution < 1.29 is 9.63 Å². The quantitative estimate of drug-likeness (QED) is 0.590. The van der Waals surface area contributed by atoms with E-state index in [9.17, 15) is 4.79 Å². The zero-order valence-electron chi connectivity index (χ0n) is 15.2. The van der Waals surface area contributed by atoms with Gasteiger partial charge in [0.1, 0.15) is 6.67 Å². The normalized spacial score (nSPS) is 16.8. The van der Waals surface area contributed by atoms with E-state index in [4.69, 9.17) is 4.84 Å². The number of hydrogen-bond acceptors (Lipinski definition) is 4. The molecule has 1 N–H and O–H groups in total. The summed E-state index contributed by atoms with van der Waals surface area (Å²) in [5, 5.41) is 4.51. The number of hydroxylamine groups is 2. The minimum atomic E-state index is -0.496. The third-order valence-corrected chi connectivity index (χ3v) is 5.18. The van der Waals surface area contributed by atoms with Gasteiger partial charge >= 0.3 is 6.09 Å². The lowest BCUT2D eigenvalue weighted by Crippen LogP contribution is -2.31. The van der Waals surface area contributed by atoms with Crippen LogP contribution in [-0.2, 0) is 4.84 Å². The first-order chi connectivity index (χ1) is 13.7. The fourth-order valence-corrected chi connectivity index (χ4v) is 3.54. The van der Waals surface area contributed by atoms with Crippen LogP contribution in [0.15, 0.2) is 89.4 Å². The van der Waals surface area contributed by atoms with Crippen molar-refractivity contribution in [3.63, 3.8) is 0 Å². The van der Waals surface area contributed by atoms with Crippen LogP contribution in [0.1, 0.15) is 11.6 Å². The van der Waals surface area contributed by atoms with E-state index in [0.717, 1.165) is 22.3 Å². The summed E-state index contributed by atoms with van der Waals surface area (Å²) in [5.74, 6) is 0. The minimum absolute atomic E-state index is 0.0497. The van der Waals surface area contributed by atoms with E-state index in [-0.39, 0.29) is 6.04 Å². The molecule has 28 heavy (non-hydrogen) atoms. The van der Waals surface area contributed by atoms with Crippen molar-refractivity contribution in [3.05, 3.63) is 95.0 Å². The molecule has 1 aliphatic rings. The van der Waals surface area contributed by atoms with Gasteiger partial charge in [-0.25, -0.2) is 4.79 Å². The Bertz CT molecular complexity index is 920. The molecule has 0 radical (unpaired) electrons. The molecule has 1 fully saturated rings. The molecule has 0 saturated carbocycles. The van der Waals surface area contributed by atoms with Crippen molar-refractivity contribution >= 4 is 33.4 Å². The SMILES string of the molecule is O=C(Nc1ccccc1)ON1CN(c2ccc(Br)cc2)CC1c1ccccc1. The molecule has 1 saturated heterocycles. The van der Waals surface area contributed by atoms with Crippen LogP contribution in [0.5, 0.6) is 0 Å². The van der Waals surface area contributed by atoms with Gasteiger partial charge < -0.3 is 9.74 Å². The van der Waals surface area contributed by atoms with Gasteiger partial charge in [-0.2, -0.15) is 0 Å². The van der Waals surface area contributed by atoms with Crippen molar-refractivity contribution in [3.8, 4) is 0 Å². The predicted octanol–water partition coefficient (Wildman–Crippen LogP) is 5.43. The summed E-state index contributed by atoms with van der Waals surface area (Å²) in [6.45, 7) is 1.22. The average molecular weight is 438 g/mol. The first-order valence-corrected chi connectivity index (χ1v) is 9.84. The Labute approximate surface area is 172 Å². The van der Waals surface area contributed by atoms with Gasteiger partial charge in [-0.1, -0.05) is 64.5 Å². The molecule has 1 heterocycles. The Morgan fingerprint density at radius 2 is 1.57 bits per heavy atom. The number of rotatable bonds is 4. The van der Waals surface area contributed by atoms with E-state index in [1.54, 1.807) is 5.06 Å². The topological polar surface area (TPSA) is 44.8 Å². The van der Waals surface area contributed by atoms with E-state index in [2.05, 4.69) is 50.4 Å². The van der Waals surface area contributed by atoms with Crippen molar-refractivity contribution in [1.29, 1.82) is 0 Å². The largest absolute Gasteiger partial charge is 0.430 e. The summed E-state index contributed by atoms with van der Waals surface area (Å²) in [7, 11) is 0. The lowest BCUT2D eigenvalue weighted by Gasteiger charge is -2.22.